The molecule has 32 heavy (non-hydrogen) atoms. The van der Waals surface area contributed by atoms with E-state index in [1.165, 1.54) is 0 Å². The van der Waals surface area contributed by atoms with Crippen LogP contribution in [0.1, 0.15) is 47.2 Å². The Morgan fingerprint density at radius 1 is 0.781 bits per heavy atom. The van der Waals surface area contributed by atoms with Crippen LogP contribution in [-0.2, 0) is 34.3 Å². The third kappa shape index (κ3) is 3.14. The fraction of sp³-hybridized carbons (Fsp3) is 0.214. The van der Waals surface area contributed by atoms with Gasteiger partial charge >= 0.3 is 11.9 Å². The first-order chi connectivity index (χ1) is 15.5. The highest BCUT2D eigenvalue weighted by atomic mass is 16.4. The van der Waals surface area contributed by atoms with Crippen molar-refractivity contribution in [2.75, 3.05) is 0 Å². The number of benzene rings is 3. The largest absolute Gasteiger partial charge is 0.480 e. The third-order valence-corrected chi connectivity index (χ3v) is 6.45. The molecular formula is C28H26O4. The van der Waals surface area contributed by atoms with E-state index in [-0.39, 0.29) is 0 Å². The van der Waals surface area contributed by atoms with E-state index in [1.807, 2.05) is 61.5 Å². The van der Waals surface area contributed by atoms with Gasteiger partial charge in [0.25, 0.3) is 0 Å². The van der Waals surface area contributed by atoms with E-state index in [9.17, 15) is 19.8 Å². The standard InChI is InChI=1S/C28H26O4/c1-3-19-15-16-23-24(21(19)4-2)22(17-18-11-7-5-8-12-18)25(20-13-9-6-10-14-20)28(23,26(29)30)27(31)32/h5-16H,3-4,17H2,1-2H3,(H,29,30)(H,31,32). The van der Waals surface area contributed by atoms with Crippen molar-refractivity contribution in [2.24, 2.45) is 0 Å². The van der Waals surface area contributed by atoms with Crippen molar-refractivity contribution in [3.05, 3.63) is 106 Å². The lowest BCUT2D eigenvalue weighted by Gasteiger charge is -2.26. The zero-order chi connectivity index (χ0) is 22.9. The summed E-state index contributed by atoms with van der Waals surface area (Å²) >= 11 is 0. The van der Waals surface area contributed by atoms with Gasteiger partial charge in [0, 0.05) is 0 Å². The Morgan fingerprint density at radius 3 is 1.91 bits per heavy atom. The zero-order valence-corrected chi connectivity index (χ0v) is 18.3. The maximum atomic E-state index is 12.8. The van der Waals surface area contributed by atoms with Crippen LogP contribution >= 0.6 is 0 Å². The van der Waals surface area contributed by atoms with Gasteiger partial charge in [-0.3, -0.25) is 9.59 Å². The first kappa shape index (κ1) is 21.6. The number of aryl methyl sites for hydroxylation is 1. The van der Waals surface area contributed by atoms with Crippen molar-refractivity contribution in [3.8, 4) is 0 Å². The Kier molecular flexibility index (Phi) is 5.70. The Labute approximate surface area is 187 Å². The number of carbonyl (C=O) groups is 2. The van der Waals surface area contributed by atoms with Crippen molar-refractivity contribution < 1.29 is 19.8 Å². The molecule has 4 nitrogen and oxygen atoms in total. The van der Waals surface area contributed by atoms with Gasteiger partial charge in [-0.15, -0.1) is 0 Å². The van der Waals surface area contributed by atoms with Crippen LogP contribution in [0.25, 0.3) is 11.1 Å². The van der Waals surface area contributed by atoms with Gasteiger partial charge in [-0.1, -0.05) is 86.6 Å². The summed E-state index contributed by atoms with van der Waals surface area (Å²) < 4.78 is 0. The highest BCUT2D eigenvalue weighted by Crippen LogP contribution is 2.54. The summed E-state index contributed by atoms with van der Waals surface area (Å²) in [6.07, 6.45) is 1.95. The Bertz CT molecular complexity index is 1190. The van der Waals surface area contributed by atoms with E-state index in [4.69, 9.17) is 0 Å². The SMILES string of the molecule is CCc1ccc2c(c1CC)C(Cc1ccccc1)=C(c1ccccc1)C2(C(=O)O)C(=O)O. The summed E-state index contributed by atoms with van der Waals surface area (Å²) in [6.45, 7) is 4.11. The first-order valence-corrected chi connectivity index (χ1v) is 10.9. The fourth-order valence-corrected chi connectivity index (χ4v) is 5.08. The number of carboxylic acids is 2. The number of hydrogen-bond acceptors (Lipinski definition) is 2. The van der Waals surface area contributed by atoms with Gasteiger partial charge < -0.3 is 10.2 Å². The smallest absolute Gasteiger partial charge is 0.330 e. The number of allylic oxidation sites excluding steroid dienone is 1. The monoisotopic (exact) mass is 426 g/mol. The van der Waals surface area contributed by atoms with Crippen LogP contribution in [0.4, 0.5) is 0 Å². The Morgan fingerprint density at radius 2 is 1.38 bits per heavy atom. The average Bonchev–Trinajstić information content (AvgIpc) is 3.11. The third-order valence-electron chi connectivity index (χ3n) is 6.45. The molecule has 0 unspecified atom stereocenters. The predicted molar refractivity (Wildman–Crippen MR) is 126 cm³/mol. The highest BCUT2D eigenvalue weighted by Gasteiger charge is 2.58. The van der Waals surface area contributed by atoms with Crippen molar-refractivity contribution in [1.82, 2.24) is 0 Å². The van der Waals surface area contributed by atoms with Crippen molar-refractivity contribution in [3.63, 3.8) is 0 Å². The maximum Gasteiger partial charge on any atom is 0.330 e. The second-order valence-corrected chi connectivity index (χ2v) is 8.08. The lowest BCUT2D eigenvalue weighted by molar-refractivity contribution is -0.153. The number of hydrogen-bond donors (Lipinski definition) is 2. The van der Waals surface area contributed by atoms with Gasteiger partial charge in [0.15, 0.2) is 0 Å². The molecule has 1 aliphatic rings. The summed E-state index contributed by atoms with van der Waals surface area (Å²) in [4.78, 5) is 25.7. The molecule has 0 amide bonds. The molecular weight excluding hydrogens is 400 g/mol. The second kappa shape index (κ2) is 8.46. The lowest BCUT2D eigenvalue weighted by Crippen LogP contribution is -2.43. The van der Waals surface area contributed by atoms with Crippen molar-refractivity contribution >= 4 is 23.1 Å². The van der Waals surface area contributed by atoms with Gasteiger partial charge in [0.1, 0.15) is 0 Å². The summed E-state index contributed by atoms with van der Waals surface area (Å²) in [5.41, 5.74) is 3.93. The molecule has 0 spiro atoms. The van der Waals surface area contributed by atoms with Gasteiger partial charge in [0.05, 0.1) is 0 Å². The number of carboxylic acid groups (broad SMARTS) is 2. The predicted octanol–water partition coefficient (Wildman–Crippen LogP) is 5.39. The van der Waals surface area contributed by atoms with E-state index in [0.717, 1.165) is 34.2 Å². The molecule has 3 aromatic carbocycles. The molecule has 162 valence electrons. The number of rotatable bonds is 7. The van der Waals surface area contributed by atoms with Gasteiger partial charge in [-0.25, -0.2) is 0 Å². The molecule has 0 atom stereocenters. The van der Waals surface area contributed by atoms with Crippen LogP contribution in [0.2, 0.25) is 0 Å². The van der Waals surface area contributed by atoms with E-state index in [0.29, 0.717) is 29.5 Å². The quantitative estimate of drug-likeness (QED) is 0.497. The van der Waals surface area contributed by atoms with Gasteiger partial charge in [-0.05, 0) is 63.8 Å². The molecule has 0 bridgehead atoms. The average molecular weight is 427 g/mol. The molecule has 0 aromatic heterocycles. The first-order valence-electron chi connectivity index (χ1n) is 10.9. The van der Waals surface area contributed by atoms with E-state index < -0.39 is 17.4 Å². The lowest BCUT2D eigenvalue weighted by atomic mass is 9.74. The molecule has 1 aliphatic carbocycles. The van der Waals surface area contributed by atoms with Crippen LogP contribution in [0, 0.1) is 0 Å². The Balaban J connectivity index is 2.17. The molecule has 4 rings (SSSR count). The van der Waals surface area contributed by atoms with Crippen LogP contribution in [0.15, 0.2) is 72.8 Å². The molecule has 0 aliphatic heterocycles. The molecule has 2 N–H and O–H groups in total. The fourth-order valence-electron chi connectivity index (χ4n) is 5.08. The molecule has 0 radical (unpaired) electrons. The summed E-state index contributed by atoms with van der Waals surface area (Å²) in [6, 6.07) is 22.5. The van der Waals surface area contributed by atoms with Crippen molar-refractivity contribution in [2.45, 2.75) is 38.5 Å². The summed E-state index contributed by atoms with van der Waals surface area (Å²) in [7, 11) is 0. The van der Waals surface area contributed by atoms with E-state index in [2.05, 4.69) is 6.92 Å². The minimum atomic E-state index is -2.16. The molecule has 0 saturated carbocycles. The molecule has 0 saturated heterocycles. The van der Waals surface area contributed by atoms with Crippen molar-refractivity contribution in [1.29, 1.82) is 0 Å². The molecule has 3 aromatic rings. The highest BCUT2D eigenvalue weighted by molar-refractivity contribution is 6.25. The van der Waals surface area contributed by atoms with E-state index in [1.54, 1.807) is 18.2 Å². The van der Waals surface area contributed by atoms with E-state index >= 15 is 0 Å². The topological polar surface area (TPSA) is 74.6 Å². The minimum absolute atomic E-state index is 0.358. The van der Waals surface area contributed by atoms with Gasteiger partial charge in [0.2, 0.25) is 5.41 Å². The second-order valence-electron chi connectivity index (χ2n) is 8.08. The molecule has 0 heterocycles. The van der Waals surface area contributed by atoms with Crippen LogP contribution < -0.4 is 0 Å². The molecule has 0 fully saturated rings. The van der Waals surface area contributed by atoms with Crippen LogP contribution in [0.5, 0.6) is 0 Å². The normalized spacial score (nSPS) is 14.3. The number of aliphatic carboxylic acids is 2. The Hall–Kier alpha value is -3.66. The molecule has 4 heteroatoms. The van der Waals surface area contributed by atoms with Gasteiger partial charge in [-0.2, -0.15) is 0 Å². The summed E-state index contributed by atoms with van der Waals surface area (Å²) in [5, 5.41) is 20.9. The minimum Gasteiger partial charge on any atom is -0.480 e. The summed E-state index contributed by atoms with van der Waals surface area (Å²) in [5.74, 6) is -2.72. The number of fused-ring (bicyclic) bond motifs is 1. The zero-order valence-electron chi connectivity index (χ0n) is 18.3. The maximum absolute atomic E-state index is 12.8. The van der Waals surface area contributed by atoms with Crippen LogP contribution in [0.3, 0.4) is 0 Å². The van der Waals surface area contributed by atoms with Crippen LogP contribution in [-0.4, -0.2) is 22.2 Å².